The van der Waals surface area contributed by atoms with E-state index in [1.807, 2.05) is 5.32 Å². The average molecular weight is 471 g/mol. The van der Waals surface area contributed by atoms with E-state index in [0.717, 1.165) is 5.56 Å². The Hall–Kier alpha value is -3.57. The lowest BCUT2D eigenvalue weighted by Gasteiger charge is -2.23. The number of halogens is 2. The molecule has 0 aliphatic carbocycles. The number of hydrogen-bond donors (Lipinski definition) is 4. The number of alkyl halides is 2. The van der Waals surface area contributed by atoms with E-state index in [1.54, 1.807) is 44.2 Å². The molecule has 0 fully saturated rings. The number of rotatable bonds is 13. The monoisotopic (exact) mass is 471 g/mol. The van der Waals surface area contributed by atoms with Gasteiger partial charge in [-0.2, -0.15) is 0 Å². The molecule has 182 valence electrons. The summed E-state index contributed by atoms with van der Waals surface area (Å²) >= 11 is 0. The van der Waals surface area contributed by atoms with Crippen LogP contribution in [0.2, 0.25) is 0 Å². The zero-order valence-electron chi connectivity index (χ0n) is 18.2. The number of carboxylic acid groups (broad SMARTS) is 1. The van der Waals surface area contributed by atoms with E-state index >= 15 is 0 Å². The summed E-state index contributed by atoms with van der Waals surface area (Å²) in [7, 11) is 0. The number of carbonyl (C=O) groups is 5. The zero-order valence-corrected chi connectivity index (χ0v) is 18.2. The van der Waals surface area contributed by atoms with Crippen LogP contribution in [0.15, 0.2) is 30.3 Å². The number of ether oxygens (including phenoxy) is 1. The molecule has 1 aromatic carbocycles. The summed E-state index contributed by atoms with van der Waals surface area (Å²) in [6.45, 7) is 2.72. The molecule has 10 nitrogen and oxygen atoms in total. The van der Waals surface area contributed by atoms with Crippen molar-refractivity contribution in [1.29, 1.82) is 0 Å². The second-order valence-corrected chi connectivity index (χ2v) is 7.20. The number of amides is 3. The van der Waals surface area contributed by atoms with Gasteiger partial charge in [0.2, 0.25) is 18.2 Å². The van der Waals surface area contributed by atoms with Crippen LogP contribution in [0.4, 0.5) is 13.6 Å². The molecule has 0 aliphatic heterocycles. The van der Waals surface area contributed by atoms with Gasteiger partial charge in [0.1, 0.15) is 18.7 Å². The molecule has 1 unspecified atom stereocenters. The molecular weight excluding hydrogens is 444 g/mol. The minimum absolute atomic E-state index is 0.0208. The second kappa shape index (κ2) is 13.8. The Morgan fingerprint density at radius 3 is 2.24 bits per heavy atom. The second-order valence-electron chi connectivity index (χ2n) is 7.20. The van der Waals surface area contributed by atoms with Gasteiger partial charge in [0.25, 0.3) is 5.78 Å². The van der Waals surface area contributed by atoms with Gasteiger partial charge >= 0.3 is 12.1 Å². The van der Waals surface area contributed by atoms with E-state index in [2.05, 4.69) is 10.6 Å². The van der Waals surface area contributed by atoms with Gasteiger partial charge in [-0.15, -0.1) is 0 Å². The third kappa shape index (κ3) is 10.1. The van der Waals surface area contributed by atoms with Crippen molar-refractivity contribution < 1.29 is 42.6 Å². The molecule has 0 spiro atoms. The van der Waals surface area contributed by atoms with Crippen molar-refractivity contribution in [2.24, 2.45) is 5.92 Å². The molecule has 0 saturated heterocycles. The summed E-state index contributed by atoms with van der Waals surface area (Å²) in [5, 5.41) is 15.2. The van der Waals surface area contributed by atoms with Crippen LogP contribution in [0.5, 0.6) is 0 Å². The first-order valence-corrected chi connectivity index (χ1v) is 10.1. The van der Waals surface area contributed by atoms with E-state index in [9.17, 15) is 32.8 Å². The summed E-state index contributed by atoms with van der Waals surface area (Å²) < 4.78 is 30.3. The average Bonchev–Trinajstić information content (AvgIpc) is 2.78. The predicted molar refractivity (Wildman–Crippen MR) is 111 cm³/mol. The van der Waals surface area contributed by atoms with Crippen LogP contribution in [0.25, 0.3) is 0 Å². The minimum Gasteiger partial charge on any atom is -0.475 e. The Balaban J connectivity index is 2.66. The number of alkyl carbamates (subject to hydrolysis) is 1. The Morgan fingerprint density at radius 1 is 1.06 bits per heavy atom. The predicted octanol–water partition coefficient (Wildman–Crippen LogP) is 1.24. The van der Waals surface area contributed by atoms with Gasteiger partial charge in [0.15, 0.2) is 0 Å². The fourth-order valence-corrected chi connectivity index (χ4v) is 2.68. The Morgan fingerprint density at radius 2 is 1.70 bits per heavy atom. The Labute approximate surface area is 189 Å². The highest BCUT2D eigenvalue weighted by atomic mass is 19.3. The van der Waals surface area contributed by atoms with Gasteiger partial charge in [-0.3, -0.25) is 14.4 Å². The van der Waals surface area contributed by atoms with Crippen molar-refractivity contribution in [3.63, 3.8) is 0 Å². The number of carbonyl (C=O) groups excluding carboxylic acids is 4. The number of carboxylic acids is 1. The molecule has 1 rings (SSSR count). The number of ketones is 1. The van der Waals surface area contributed by atoms with Gasteiger partial charge in [-0.25, -0.2) is 18.4 Å². The highest BCUT2D eigenvalue weighted by Gasteiger charge is 2.30. The molecule has 0 aliphatic rings. The number of hydrogen-bond acceptors (Lipinski definition) is 6. The zero-order chi connectivity index (χ0) is 25.0. The molecule has 12 heteroatoms. The highest BCUT2D eigenvalue weighted by Crippen LogP contribution is 2.09. The van der Waals surface area contributed by atoms with E-state index < -0.39 is 61.1 Å². The SMILES string of the molecule is CCC(C)[C@H](NC(=O)OCc1ccccc1)C(=O)NCC(=O)N[C@@H](CC(F)F)C(=O)C(=O)O. The molecule has 1 aromatic rings. The fourth-order valence-electron chi connectivity index (χ4n) is 2.68. The summed E-state index contributed by atoms with van der Waals surface area (Å²) in [4.78, 5) is 58.8. The summed E-state index contributed by atoms with van der Waals surface area (Å²) in [6, 6.07) is 5.84. The smallest absolute Gasteiger partial charge is 0.408 e. The van der Waals surface area contributed by atoms with E-state index in [4.69, 9.17) is 9.84 Å². The Bertz CT molecular complexity index is 836. The fraction of sp³-hybridized carbons (Fsp3) is 0.476. The molecule has 0 radical (unpaired) electrons. The van der Waals surface area contributed by atoms with Gasteiger partial charge in [0, 0.05) is 6.42 Å². The maximum atomic E-state index is 12.6. The summed E-state index contributed by atoms with van der Waals surface area (Å²) in [5.74, 6) is -5.71. The topological polar surface area (TPSA) is 151 Å². The lowest BCUT2D eigenvalue weighted by molar-refractivity contribution is -0.151. The van der Waals surface area contributed by atoms with Crippen molar-refractivity contribution in [2.45, 2.75) is 51.8 Å². The third-order valence-corrected chi connectivity index (χ3v) is 4.68. The molecule has 0 heterocycles. The highest BCUT2D eigenvalue weighted by molar-refractivity contribution is 6.35. The summed E-state index contributed by atoms with van der Waals surface area (Å²) in [6.07, 6.45) is -4.58. The molecule has 3 amide bonds. The summed E-state index contributed by atoms with van der Waals surface area (Å²) in [5.41, 5.74) is 0.739. The molecule has 3 atom stereocenters. The van der Waals surface area contributed by atoms with E-state index in [1.165, 1.54) is 0 Å². The first kappa shape index (κ1) is 27.5. The van der Waals surface area contributed by atoms with Crippen LogP contribution in [0.1, 0.15) is 32.3 Å². The number of Topliss-reactive ketones (excluding diaryl/α,β-unsaturated/α-hetero) is 1. The van der Waals surface area contributed by atoms with E-state index in [0.29, 0.717) is 6.42 Å². The lowest BCUT2D eigenvalue weighted by atomic mass is 9.98. The number of nitrogens with one attached hydrogen (secondary N) is 3. The van der Waals surface area contributed by atoms with Crippen molar-refractivity contribution in [2.75, 3.05) is 6.54 Å². The minimum atomic E-state index is -3.03. The maximum absolute atomic E-state index is 12.6. The molecule has 0 bridgehead atoms. The normalized spacial score (nSPS) is 13.4. The Kier molecular flexibility index (Phi) is 11.5. The van der Waals surface area contributed by atoms with Crippen LogP contribution in [0.3, 0.4) is 0 Å². The van der Waals surface area contributed by atoms with Crippen LogP contribution in [-0.2, 0) is 30.5 Å². The lowest BCUT2D eigenvalue weighted by Crippen LogP contribution is -2.53. The van der Waals surface area contributed by atoms with Gasteiger partial charge in [-0.1, -0.05) is 50.6 Å². The van der Waals surface area contributed by atoms with Gasteiger partial charge < -0.3 is 25.8 Å². The maximum Gasteiger partial charge on any atom is 0.408 e. The van der Waals surface area contributed by atoms with Crippen molar-refractivity contribution in [3.8, 4) is 0 Å². The van der Waals surface area contributed by atoms with Crippen LogP contribution in [-0.4, -0.2) is 59.8 Å². The molecule has 0 aromatic heterocycles. The van der Waals surface area contributed by atoms with Gasteiger partial charge in [-0.05, 0) is 11.5 Å². The first-order valence-electron chi connectivity index (χ1n) is 10.1. The van der Waals surface area contributed by atoms with Crippen LogP contribution >= 0.6 is 0 Å². The first-order chi connectivity index (χ1) is 15.5. The third-order valence-electron chi connectivity index (χ3n) is 4.68. The van der Waals surface area contributed by atoms with E-state index in [-0.39, 0.29) is 12.5 Å². The van der Waals surface area contributed by atoms with Crippen molar-refractivity contribution >= 4 is 29.7 Å². The number of benzene rings is 1. The largest absolute Gasteiger partial charge is 0.475 e. The molecule has 4 N–H and O–H groups in total. The van der Waals surface area contributed by atoms with Crippen molar-refractivity contribution in [3.05, 3.63) is 35.9 Å². The van der Waals surface area contributed by atoms with Crippen LogP contribution < -0.4 is 16.0 Å². The standard InChI is InChI=1S/C21H27F2N3O7/c1-3-12(2)17(26-21(32)33-11-13-7-5-4-6-8-13)19(29)24-10-16(27)25-14(9-15(22)23)18(28)20(30)31/h4-8,12,14-15,17H,3,9-11H2,1-2H3,(H,24,29)(H,25,27)(H,26,32)(H,30,31)/t12?,14-,17-/m0/s1. The molecule has 0 saturated carbocycles. The van der Waals surface area contributed by atoms with Crippen LogP contribution in [0, 0.1) is 5.92 Å². The molecule has 33 heavy (non-hydrogen) atoms. The quantitative estimate of drug-likeness (QED) is 0.316. The van der Waals surface area contributed by atoms with Crippen molar-refractivity contribution in [1.82, 2.24) is 16.0 Å². The molecular formula is C21H27F2N3O7. The van der Waals surface area contributed by atoms with Gasteiger partial charge in [0.05, 0.1) is 6.54 Å². The number of aliphatic carboxylic acids is 1.